The molecule has 0 bridgehead atoms. The average molecular weight is 357 g/mol. The van der Waals surface area contributed by atoms with Crippen LogP contribution in [0, 0.1) is 0 Å². The number of benzene rings is 1. The van der Waals surface area contributed by atoms with Crippen LogP contribution in [0.2, 0.25) is 0 Å². The van der Waals surface area contributed by atoms with Gasteiger partial charge >= 0.3 is 12.1 Å². The van der Waals surface area contributed by atoms with Crippen molar-refractivity contribution in [2.24, 2.45) is 0 Å². The maximum atomic E-state index is 11.7. The van der Waals surface area contributed by atoms with E-state index in [0.29, 0.717) is 12.1 Å². The van der Waals surface area contributed by atoms with Crippen LogP contribution in [-0.2, 0) is 15.3 Å². The number of hydrogen-bond donors (Lipinski definition) is 2. The molecule has 0 radical (unpaired) electrons. The minimum Gasteiger partial charge on any atom is -0.481 e. The Morgan fingerprint density at radius 2 is 1.83 bits per heavy atom. The lowest BCUT2D eigenvalue weighted by atomic mass is 10.2. The molecule has 23 heavy (non-hydrogen) atoms. The number of rotatable bonds is 8. The second-order valence-electron chi connectivity index (χ2n) is 5.91. The normalized spacial score (nSPS) is 11.1. The minimum absolute atomic E-state index is 0.221. The number of nitrogens with one attached hydrogen (secondary N) is 1. The average Bonchev–Trinajstić information content (AvgIpc) is 2.42. The Morgan fingerprint density at radius 3 is 2.39 bits per heavy atom. The third-order valence-corrected chi connectivity index (χ3v) is 4.95. The summed E-state index contributed by atoms with van der Waals surface area (Å²) in [4.78, 5) is 22.0. The molecule has 0 aliphatic heterocycles. The highest BCUT2D eigenvalue weighted by Gasteiger charge is 2.15. The van der Waals surface area contributed by atoms with E-state index in [9.17, 15) is 9.59 Å². The van der Waals surface area contributed by atoms with E-state index in [1.807, 2.05) is 45.0 Å². The third kappa shape index (κ3) is 10.1. The molecule has 1 rings (SSSR count). The summed E-state index contributed by atoms with van der Waals surface area (Å²) < 4.78 is 5.19. The molecule has 1 aromatic carbocycles. The SMILES string of the molecule is CC(C)(C)OC(=O)Nc1ccc(CSSCCCC(=O)O)cc1. The quantitative estimate of drug-likeness (QED) is 0.515. The smallest absolute Gasteiger partial charge is 0.412 e. The fourth-order valence-corrected chi connectivity index (χ4v) is 3.71. The molecule has 1 aromatic rings. The Morgan fingerprint density at radius 1 is 1.17 bits per heavy atom. The van der Waals surface area contributed by atoms with Gasteiger partial charge in [-0.2, -0.15) is 0 Å². The van der Waals surface area contributed by atoms with E-state index in [0.717, 1.165) is 17.1 Å². The van der Waals surface area contributed by atoms with Crippen molar-refractivity contribution in [1.29, 1.82) is 0 Å². The van der Waals surface area contributed by atoms with Crippen molar-refractivity contribution in [2.75, 3.05) is 11.1 Å². The van der Waals surface area contributed by atoms with Crippen molar-refractivity contribution in [3.8, 4) is 0 Å². The van der Waals surface area contributed by atoms with Gasteiger partial charge in [0.1, 0.15) is 5.60 Å². The van der Waals surface area contributed by atoms with Gasteiger partial charge in [-0.15, -0.1) is 0 Å². The number of aliphatic carboxylic acids is 1. The van der Waals surface area contributed by atoms with Gasteiger partial charge in [-0.3, -0.25) is 10.1 Å². The van der Waals surface area contributed by atoms with Crippen LogP contribution in [0.3, 0.4) is 0 Å². The molecular formula is C16H23NO4S2. The molecule has 0 aliphatic carbocycles. The number of ether oxygens (including phenoxy) is 1. The molecule has 1 amide bonds. The second-order valence-corrected chi connectivity index (χ2v) is 8.49. The van der Waals surface area contributed by atoms with Crippen LogP contribution in [0.1, 0.15) is 39.2 Å². The van der Waals surface area contributed by atoms with Crippen molar-refractivity contribution in [3.05, 3.63) is 29.8 Å². The van der Waals surface area contributed by atoms with Gasteiger partial charge in [-0.25, -0.2) is 4.79 Å². The summed E-state index contributed by atoms with van der Waals surface area (Å²) in [6, 6.07) is 7.60. The summed E-state index contributed by atoms with van der Waals surface area (Å²) in [5, 5.41) is 11.2. The van der Waals surface area contributed by atoms with Gasteiger partial charge < -0.3 is 9.84 Å². The number of hydrogen-bond acceptors (Lipinski definition) is 5. The maximum absolute atomic E-state index is 11.7. The molecule has 7 heteroatoms. The van der Waals surface area contributed by atoms with Crippen LogP contribution in [0.25, 0.3) is 0 Å². The third-order valence-electron chi connectivity index (χ3n) is 2.53. The Labute approximate surface area is 145 Å². The van der Waals surface area contributed by atoms with Gasteiger partial charge in [0, 0.05) is 23.6 Å². The van der Waals surface area contributed by atoms with Crippen molar-refractivity contribution in [3.63, 3.8) is 0 Å². The molecule has 0 fully saturated rings. The number of amides is 1. The number of anilines is 1. The van der Waals surface area contributed by atoms with Crippen LogP contribution >= 0.6 is 21.6 Å². The van der Waals surface area contributed by atoms with E-state index in [2.05, 4.69) is 5.32 Å². The first kappa shape index (κ1) is 19.7. The van der Waals surface area contributed by atoms with Crippen LogP contribution < -0.4 is 5.32 Å². The molecule has 0 unspecified atom stereocenters. The highest BCUT2D eigenvalue weighted by molar-refractivity contribution is 8.76. The Kier molecular flexibility index (Phi) is 8.33. The summed E-state index contributed by atoms with van der Waals surface area (Å²) in [5.74, 6) is 0.920. The topological polar surface area (TPSA) is 75.6 Å². The lowest BCUT2D eigenvalue weighted by Gasteiger charge is -2.19. The lowest BCUT2D eigenvalue weighted by Crippen LogP contribution is -2.27. The number of carbonyl (C=O) groups is 2. The van der Waals surface area contributed by atoms with Gasteiger partial charge in [0.25, 0.3) is 0 Å². The maximum Gasteiger partial charge on any atom is 0.412 e. The fraction of sp³-hybridized carbons (Fsp3) is 0.500. The molecule has 0 aliphatic rings. The van der Waals surface area contributed by atoms with Crippen LogP contribution in [-0.4, -0.2) is 28.5 Å². The van der Waals surface area contributed by atoms with Gasteiger partial charge in [-0.05, 0) is 44.9 Å². The van der Waals surface area contributed by atoms with E-state index in [4.69, 9.17) is 9.84 Å². The first-order valence-electron chi connectivity index (χ1n) is 7.31. The van der Waals surface area contributed by atoms with Crippen LogP contribution in [0.15, 0.2) is 24.3 Å². The molecule has 0 saturated carbocycles. The van der Waals surface area contributed by atoms with E-state index >= 15 is 0 Å². The Hall–Kier alpha value is -1.34. The Bertz CT molecular complexity index is 512. The highest BCUT2D eigenvalue weighted by atomic mass is 33.1. The minimum atomic E-state index is -0.747. The molecular weight excluding hydrogens is 334 g/mol. The zero-order chi connectivity index (χ0) is 17.3. The largest absolute Gasteiger partial charge is 0.481 e. The van der Waals surface area contributed by atoms with Gasteiger partial charge in [0.15, 0.2) is 0 Å². The predicted molar refractivity (Wildman–Crippen MR) is 96.9 cm³/mol. The molecule has 0 saturated heterocycles. The summed E-state index contributed by atoms with van der Waals surface area (Å²) in [6.45, 7) is 5.46. The second kappa shape index (κ2) is 9.72. The van der Waals surface area contributed by atoms with Crippen molar-refractivity contribution >= 4 is 39.3 Å². The van der Waals surface area contributed by atoms with Crippen molar-refractivity contribution in [2.45, 2.75) is 45.0 Å². The number of carbonyl (C=O) groups excluding carboxylic acids is 1. The van der Waals surface area contributed by atoms with Gasteiger partial charge in [0.05, 0.1) is 0 Å². The van der Waals surface area contributed by atoms with Crippen LogP contribution in [0.4, 0.5) is 10.5 Å². The van der Waals surface area contributed by atoms with Gasteiger partial charge in [0.2, 0.25) is 0 Å². The molecule has 5 nitrogen and oxygen atoms in total. The monoisotopic (exact) mass is 357 g/mol. The summed E-state index contributed by atoms with van der Waals surface area (Å²) >= 11 is 0. The highest BCUT2D eigenvalue weighted by Crippen LogP contribution is 2.27. The molecule has 128 valence electrons. The molecule has 0 heterocycles. The summed E-state index contributed by atoms with van der Waals surface area (Å²) in [6.07, 6.45) is 0.443. The van der Waals surface area contributed by atoms with Crippen molar-refractivity contribution in [1.82, 2.24) is 0 Å². The number of carboxylic acids is 1. The fourth-order valence-electron chi connectivity index (χ4n) is 1.56. The summed E-state index contributed by atoms with van der Waals surface area (Å²) in [5.41, 5.74) is 1.33. The summed E-state index contributed by atoms with van der Waals surface area (Å²) in [7, 11) is 3.37. The Balaban J connectivity index is 2.28. The van der Waals surface area contributed by atoms with E-state index in [-0.39, 0.29) is 6.42 Å². The zero-order valence-electron chi connectivity index (χ0n) is 13.6. The van der Waals surface area contributed by atoms with Gasteiger partial charge in [-0.1, -0.05) is 33.7 Å². The van der Waals surface area contributed by atoms with E-state index < -0.39 is 17.7 Å². The number of carboxylic acid groups (broad SMARTS) is 1. The molecule has 0 spiro atoms. The predicted octanol–water partition coefficient (Wildman–Crippen LogP) is 4.78. The molecule has 0 atom stereocenters. The van der Waals surface area contributed by atoms with Crippen LogP contribution in [0.5, 0.6) is 0 Å². The molecule has 0 aromatic heterocycles. The zero-order valence-corrected chi connectivity index (χ0v) is 15.3. The van der Waals surface area contributed by atoms with E-state index in [1.165, 1.54) is 0 Å². The molecule has 2 N–H and O–H groups in total. The van der Waals surface area contributed by atoms with E-state index in [1.54, 1.807) is 21.6 Å². The standard InChI is InChI=1S/C16H23NO4S2/c1-16(2,3)21-15(20)17-13-8-6-12(7-9-13)11-23-22-10-4-5-14(18)19/h6-9H,4-5,10-11H2,1-3H3,(H,17,20)(H,18,19). The lowest BCUT2D eigenvalue weighted by molar-refractivity contribution is -0.137. The first-order chi connectivity index (χ1) is 10.8. The first-order valence-corrected chi connectivity index (χ1v) is 9.80. The van der Waals surface area contributed by atoms with Crippen molar-refractivity contribution < 1.29 is 19.4 Å².